The van der Waals surface area contributed by atoms with Crippen molar-refractivity contribution in [3.63, 3.8) is 0 Å². The Hall–Kier alpha value is -4.08. The van der Waals surface area contributed by atoms with E-state index in [0.717, 1.165) is 55.4 Å². The summed E-state index contributed by atoms with van der Waals surface area (Å²) in [6, 6.07) is 22.8. The molecule has 9 nitrogen and oxygen atoms in total. The Morgan fingerprint density at radius 3 is 2.46 bits per heavy atom. The molecule has 9 heteroatoms. The number of anilines is 1. The Morgan fingerprint density at radius 2 is 1.73 bits per heavy atom. The van der Waals surface area contributed by atoms with Crippen molar-refractivity contribution < 1.29 is 28.9 Å². The molecule has 3 aromatic carbocycles. The maximum absolute atomic E-state index is 13.9. The van der Waals surface area contributed by atoms with Gasteiger partial charge in [0.25, 0.3) is 5.91 Å². The van der Waals surface area contributed by atoms with Crippen molar-refractivity contribution >= 4 is 17.7 Å². The zero-order chi connectivity index (χ0) is 33.9. The van der Waals surface area contributed by atoms with Gasteiger partial charge in [-0.1, -0.05) is 61.5 Å². The number of aryl methyl sites for hydroxylation is 1. The molecule has 1 spiro atoms. The number of benzene rings is 3. The van der Waals surface area contributed by atoms with E-state index in [-0.39, 0.29) is 24.7 Å². The zero-order valence-corrected chi connectivity index (χ0v) is 28.5. The van der Waals surface area contributed by atoms with E-state index >= 15 is 0 Å². The van der Waals surface area contributed by atoms with Crippen molar-refractivity contribution in [2.45, 2.75) is 108 Å². The van der Waals surface area contributed by atoms with Crippen molar-refractivity contribution in [2.24, 2.45) is 0 Å². The number of hydrogen-bond acceptors (Lipinski definition) is 7. The molecule has 3 aliphatic rings. The fraction of sp³-hybridized carbons (Fsp3) is 0.487. The molecule has 3 aromatic rings. The summed E-state index contributed by atoms with van der Waals surface area (Å²) in [5.41, 5.74) is 3.01. The maximum atomic E-state index is 13.9. The van der Waals surface area contributed by atoms with Gasteiger partial charge in [0, 0.05) is 24.6 Å². The molecule has 0 saturated heterocycles. The van der Waals surface area contributed by atoms with Crippen LogP contribution in [0, 0.1) is 0 Å². The average Bonchev–Trinajstić information content (AvgIpc) is 3.52. The lowest BCUT2D eigenvalue weighted by Gasteiger charge is -2.41. The Kier molecular flexibility index (Phi) is 9.99. The second-order valence-electron chi connectivity index (χ2n) is 14.4. The molecule has 2 amide bonds. The van der Waals surface area contributed by atoms with E-state index in [0.29, 0.717) is 17.9 Å². The first-order chi connectivity index (χ1) is 23.0. The van der Waals surface area contributed by atoms with E-state index in [1.54, 1.807) is 39.0 Å². The number of nitrogens with one attached hydrogen (secondary N) is 2. The van der Waals surface area contributed by atoms with E-state index in [2.05, 4.69) is 35.8 Å². The van der Waals surface area contributed by atoms with Crippen LogP contribution in [0.1, 0.15) is 82.5 Å². The molecule has 1 aliphatic carbocycles. The van der Waals surface area contributed by atoms with Crippen molar-refractivity contribution in [1.82, 2.24) is 10.6 Å². The molecule has 0 radical (unpaired) electrons. The first-order valence-corrected chi connectivity index (χ1v) is 17.4. The number of para-hydroxylation sites is 2. The number of hydrogen-bond donors (Lipinski definition) is 3. The molecule has 2 aliphatic heterocycles. The Bertz CT molecular complexity index is 1580. The van der Waals surface area contributed by atoms with Crippen LogP contribution >= 0.6 is 0 Å². The van der Waals surface area contributed by atoms with Crippen LogP contribution < -0.4 is 25.0 Å². The smallest absolute Gasteiger partial charge is 0.415 e. The number of aliphatic hydroxyl groups is 1. The summed E-state index contributed by atoms with van der Waals surface area (Å²) in [5, 5.41) is 18.5. The van der Waals surface area contributed by atoms with E-state index in [9.17, 15) is 14.7 Å². The summed E-state index contributed by atoms with van der Waals surface area (Å²) in [4.78, 5) is 28.6. The highest BCUT2D eigenvalue weighted by Crippen LogP contribution is 2.47. The predicted octanol–water partition coefficient (Wildman–Crippen LogP) is 6.27. The fourth-order valence-corrected chi connectivity index (χ4v) is 7.14. The summed E-state index contributed by atoms with van der Waals surface area (Å²) >= 11 is 0. The van der Waals surface area contributed by atoms with Crippen molar-refractivity contribution in [2.75, 3.05) is 18.0 Å². The first kappa shape index (κ1) is 33.8. The fourth-order valence-electron chi connectivity index (χ4n) is 7.14. The second kappa shape index (κ2) is 14.2. The van der Waals surface area contributed by atoms with E-state index in [4.69, 9.17) is 14.2 Å². The summed E-state index contributed by atoms with van der Waals surface area (Å²) in [6.45, 7) is 7.81. The zero-order valence-electron chi connectivity index (χ0n) is 28.5. The van der Waals surface area contributed by atoms with Crippen molar-refractivity contribution in [3.8, 4) is 11.5 Å². The van der Waals surface area contributed by atoms with Crippen LogP contribution in [0.25, 0.3) is 0 Å². The highest BCUT2D eigenvalue weighted by atomic mass is 16.6. The summed E-state index contributed by atoms with van der Waals surface area (Å²) in [5.74, 6) is 0.930. The lowest BCUT2D eigenvalue weighted by Crippen LogP contribution is -2.56. The van der Waals surface area contributed by atoms with Gasteiger partial charge in [-0.2, -0.15) is 0 Å². The third kappa shape index (κ3) is 7.79. The SMILES string of the molecule is CCc1ccc2c(c1)[C@@H](NC[C@@H](O)[C@H](Cc1ccccc1)NC(=O)[C@H]1CN(C(=O)OC(C)(C)C)c3ccccc3O1)CC1(CCCC1)O2. The van der Waals surface area contributed by atoms with Gasteiger partial charge >= 0.3 is 6.09 Å². The average molecular weight is 656 g/mol. The van der Waals surface area contributed by atoms with Gasteiger partial charge < -0.3 is 30.0 Å². The number of carbonyl (C=O) groups is 2. The third-order valence-electron chi connectivity index (χ3n) is 9.62. The quantitative estimate of drug-likeness (QED) is 0.250. The molecule has 2 heterocycles. The molecule has 3 N–H and O–H groups in total. The molecule has 256 valence electrons. The van der Waals surface area contributed by atoms with Gasteiger partial charge in [0.1, 0.15) is 22.7 Å². The van der Waals surface area contributed by atoms with Gasteiger partial charge in [-0.15, -0.1) is 0 Å². The Morgan fingerprint density at radius 1 is 1.00 bits per heavy atom. The number of aliphatic hydroxyl groups excluding tert-OH is 1. The Balaban J connectivity index is 1.20. The first-order valence-electron chi connectivity index (χ1n) is 17.4. The van der Waals surface area contributed by atoms with Crippen LogP contribution in [0.3, 0.4) is 0 Å². The van der Waals surface area contributed by atoms with Crippen LogP contribution in [0.5, 0.6) is 11.5 Å². The molecule has 6 rings (SSSR count). The van der Waals surface area contributed by atoms with Gasteiger partial charge in [0.05, 0.1) is 24.4 Å². The lowest BCUT2D eigenvalue weighted by atomic mass is 9.85. The lowest BCUT2D eigenvalue weighted by molar-refractivity contribution is -0.129. The summed E-state index contributed by atoms with van der Waals surface area (Å²) < 4.78 is 18.4. The molecular formula is C39H49N3O6. The second-order valence-corrected chi connectivity index (χ2v) is 14.4. The van der Waals surface area contributed by atoms with Crippen molar-refractivity contribution in [3.05, 3.63) is 89.5 Å². The van der Waals surface area contributed by atoms with Crippen molar-refractivity contribution in [1.29, 1.82) is 0 Å². The molecule has 0 bridgehead atoms. The van der Waals surface area contributed by atoms with Gasteiger partial charge in [0.2, 0.25) is 0 Å². The predicted molar refractivity (Wildman–Crippen MR) is 186 cm³/mol. The largest absolute Gasteiger partial charge is 0.487 e. The molecular weight excluding hydrogens is 606 g/mol. The highest BCUT2D eigenvalue weighted by Gasteiger charge is 2.43. The summed E-state index contributed by atoms with van der Waals surface area (Å²) in [7, 11) is 0. The highest BCUT2D eigenvalue weighted by molar-refractivity contribution is 5.93. The van der Waals surface area contributed by atoms with Crippen LogP contribution in [-0.4, -0.2) is 59.6 Å². The third-order valence-corrected chi connectivity index (χ3v) is 9.62. The van der Waals surface area contributed by atoms with Gasteiger partial charge in [-0.25, -0.2) is 4.79 Å². The molecule has 1 saturated carbocycles. The number of rotatable bonds is 9. The molecule has 48 heavy (non-hydrogen) atoms. The van der Waals surface area contributed by atoms with Crippen LogP contribution in [-0.2, 0) is 22.4 Å². The van der Waals surface area contributed by atoms with E-state index in [1.165, 1.54) is 10.5 Å². The topological polar surface area (TPSA) is 109 Å². The van der Waals surface area contributed by atoms with E-state index in [1.807, 2.05) is 36.4 Å². The van der Waals surface area contributed by atoms with Gasteiger partial charge in [-0.3, -0.25) is 9.69 Å². The van der Waals surface area contributed by atoms with Crippen LogP contribution in [0.15, 0.2) is 72.8 Å². The summed E-state index contributed by atoms with van der Waals surface area (Å²) in [6.07, 6.45) is 4.09. The number of ether oxygens (including phenoxy) is 3. The molecule has 0 aromatic heterocycles. The number of fused-ring (bicyclic) bond motifs is 2. The maximum Gasteiger partial charge on any atom is 0.415 e. The van der Waals surface area contributed by atoms with Gasteiger partial charge in [0.15, 0.2) is 6.10 Å². The minimum Gasteiger partial charge on any atom is -0.487 e. The Labute approximate surface area is 284 Å². The molecule has 0 unspecified atom stereocenters. The van der Waals surface area contributed by atoms with Crippen LogP contribution in [0.4, 0.5) is 10.5 Å². The molecule has 1 fully saturated rings. The van der Waals surface area contributed by atoms with Gasteiger partial charge in [-0.05, 0) is 88.6 Å². The van der Waals surface area contributed by atoms with Crippen LogP contribution in [0.2, 0.25) is 0 Å². The monoisotopic (exact) mass is 655 g/mol. The number of nitrogens with zero attached hydrogens (tertiary/aromatic N) is 1. The van der Waals surface area contributed by atoms with E-state index < -0.39 is 35.9 Å². The molecule has 4 atom stereocenters. The standard InChI is InChI=1S/C39H49N3O6/c1-5-26-17-18-33-28(21-26)30(23-39(47-33)19-11-12-20-39)40-24-32(43)29(22-27-13-7-6-8-14-27)41-36(44)35-25-42(37(45)48-38(2,3)4)31-15-9-10-16-34(31)46-35/h6-10,13-18,21,29-30,32,35,40,43H,5,11-12,19-20,22-25H2,1-4H3,(H,41,44)/t29-,30-,32+,35+/m0/s1. The minimum absolute atomic E-state index is 0.0154. The normalized spacial score (nSPS) is 20.9. The number of carbonyl (C=O) groups excluding carboxylic acids is 2. The minimum atomic E-state index is -0.997. The number of amides is 2.